The van der Waals surface area contributed by atoms with E-state index in [1.807, 2.05) is 20.9 Å². The smallest absolute Gasteiger partial charge is 0.279 e. The van der Waals surface area contributed by atoms with Crippen LogP contribution in [-0.2, 0) is 23.8 Å². The second-order valence-corrected chi connectivity index (χ2v) is 7.38. The molecule has 21 heavy (non-hydrogen) atoms. The Labute approximate surface area is 126 Å². The van der Waals surface area contributed by atoms with E-state index in [2.05, 4.69) is 9.82 Å². The number of aryl methyl sites for hydroxylation is 2. The van der Waals surface area contributed by atoms with E-state index in [1.165, 1.54) is 4.31 Å². The molecule has 0 radical (unpaired) electrons. The Balaban J connectivity index is 1.99. The van der Waals surface area contributed by atoms with E-state index in [-0.39, 0.29) is 19.1 Å². The molecule has 1 aromatic heterocycles. The molecule has 1 saturated heterocycles. The van der Waals surface area contributed by atoms with E-state index in [1.54, 1.807) is 4.68 Å². The van der Waals surface area contributed by atoms with Crippen molar-refractivity contribution in [3.8, 4) is 0 Å². The number of aliphatic hydroxyl groups excluding tert-OH is 1. The highest BCUT2D eigenvalue weighted by molar-refractivity contribution is 7.87. The van der Waals surface area contributed by atoms with Crippen LogP contribution in [0.2, 0.25) is 0 Å². The lowest BCUT2D eigenvalue weighted by Crippen LogP contribution is -2.45. The molecule has 1 aliphatic heterocycles. The molecule has 0 bridgehead atoms. The van der Waals surface area contributed by atoms with Crippen LogP contribution in [0.25, 0.3) is 0 Å². The number of piperidine rings is 1. The molecule has 2 heterocycles. The molecule has 1 aromatic rings. The molecule has 0 aliphatic carbocycles. The average Bonchev–Trinajstić information content (AvgIpc) is 2.70. The predicted octanol–water partition coefficient (Wildman–Crippen LogP) is 0.0756. The molecule has 7 nitrogen and oxygen atoms in total. The maximum atomic E-state index is 12.3. The number of aliphatic hydroxyl groups is 1. The summed E-state index contributed by atoms with van der Waals surface area (Å²) in [4.78, 5) is 0. The largest absolute Gasteiger partial charge is 0.396 e. The van der Waals surface area contributed by atoms with Crippen molar-refractivity contribution in [1.29, 1.82) is 0 Å². The molecule has 8 heteroatoms. The minimum atomic E-state index is -3.47. The lowest BCUT2D eigenvalue weighted by atomic mass is 10.00. The Morgan fingerprint density at radius 3 is 2.43 bits per heavy atom. The van der Waals surface area contributed by atoms with Crippen molar-refractivity contribution in [2.75, 3.05) is 19.7 Å². The van der Waals surface area contributed by atoms with Crippen molar-refractivity contribution in [1.82, 2.24) is 18.8 Å². The number of hydrogen-bond donors (Lipinski definition) is 2. The summed E-state index contributed by atoms with van der Waals surface area (Å²) in [6.07, 6.45) is 1.42. The fourth-order valence-electron chi connectivity index (χ4n) is 2.66. The summed E-state index contributed by atoms with van der Waals surface area (Å²) in [6, 6.07) is 0. The van der Waals surface area contributed by atoms with Crippen LogP contribution in [0.4, 0.5) is 0 Å². The highest BCUT2D eigenvalue weighted by Gasteiger charge is 2.27. The molecule has 0 spiro atoms. The SMILES string of the molecule is Cc1nn(C)c(C)c1CNS(=O)(=O)N1CCC(CO)CC1. The van der Waals surface area contributed by atoms with Crippen molar-refractivity contribution in [3.05, 3.63) is 17.0 Å². The Bertz CT molecular complexity index is 589. The molecule has 0 unspecified atom stereocenters. The van der Waals surface area contributed by atoms with Crippen LogP contribution < -0.4 is 4.72 Å². The first-order valence-electron chi connectivity index (χ1n) is 7.19. The maximum absolute atomic E-state index is 12.3. The summed E-state index contributed by atoms with van der Waals surface area (Å²) in [5.74, 6) is 0.222. The molecule has 2 N–H and O–H groups in total. The third-order valence-electron chi connectivity index (χ3n) is 4.26. The third kappa shape index (κ3) is 3.63. The number of nitrogens with zero attached hydrogens (tertiary/aromatic N) is 3. The zero-order valence-electron chi connectivity index (χ0n) is 12.8. The van der Waals surface area contributed by atoms with Gasteiger partial charge in [-0.1, -0.05) is 0 Å². The number of hydrogen-bond acceptors (Lipinski definition) is 4. The fourth-order valence-corrected chi connectivity index (χ4v) is 3.86. The van der Waals surface area contributed by atoms with Crippen molar-refractivity contribution in [2.45, 2.75) is 33.2 Å². The van der Waals surface area contributed by atoms with E-state index in [0.29, 0.717) is 25.9 Å². The third-order valence-corrected chi connectivity index (χ3v) is 5.82. The average molecular weight is 316 g/mol. The van der Waals surface area contributed by atoms with Gasteiger partial charge in [-0.3, -0.25) is 4.68 Å². The number of aromatic nitrogens is 2. The molecule has 0 atom stereocenters. The lowest BCUT2D eigenvalue weighted by Gasteiger charge is -2.30. The van der Waals surface area contributed by atoms with Crippen molar-refractivity contribution in [3.63, 3.8) is 0 Å². The zero-order valence-corrected chi connectivity index (χ0v) is 13.7. The summed E-state index contributed by atoms with van der Waals surface area (Å²) < 4.78 is 30.5. The quantitative estimate of drug-likeness (QED) is 0.805. The Morgan fingerprint density at radius 1 is 1.33 bits per heavy atom. The lowest BCUT2D eigenvalue weighted by molar-refractivity contribution is 0.169. The van der Waals surface area contributed by atoms with E-state index in [0.717, 1.165) is 17.0 Å². The van der Waals surface area contributed by atoms with Gasteiger partial charge in [-0.15, -0.1) is 0 Å². The second kappa shape index (κ2) is 6.43. The van der Waals surface area contributed by atoms with Crippen LogP contribution in [0, 0.1) is 19.8 Å². The van der Waals surface area contributed by atoms with Crippen LogP contribution in [0.3, 0.4) is 0 Å². The van der Waals surface area contributed by atoms with Crippen molar-refractivity contribution in [2.24, 2.45) is 13.0 Å². The van der Waals surface area contributed by atoms with E-state index >= 15 is 0 Å². The van der Waals surface area contributed by atoms with Gasteiger partial charge in [0.15, 0.2) is 0 Å². The van der Waals surface area contributed by atoms with Crippen LogP contribution in [0.5, 0.6) is 0 Å². The molecule has 0 saturated carbocycles. The van der Waals surface area contributed by atoms with Gasteiger partial charge >= 0.3 is 0 Å². The van der Waals surface area contributed by atoms with Crippen molar-refractivity contribution < 1.29 is 13.5 Å². The van der Waals surface area contributed by atoms with E-state index in [9.17, 15) is 8.42 Å². The second-order valence-electron chi connectivity index (χ2n) is 5.62. The summed E-state index contributed by atoms with van der Waals surface area (Å²) in [7, 11) is -1.63. The van der Waals surface area contributed by atoms with Gasteiger partial charge in [-0.2, -0.15) is 22.5 Å². The Hall–Kier alpha value is -0.960. The maximum Gasteiger partial charge on any atom is 0.279 e. The Kier molecular flexibility index (Phi) is 5.03. The molecule has 0 aromatic carbocycles. The monoisotopic (exact) mass is 316 g/mol. The summed E-state index contributed by atoms with van der Waals surface area (Å²) >= 11 is 0. The van der Waals surface area contributed by atoms with Gasteiger partial charge in [0.05, 0.1) is 5.69 Å². The van der Waals surface area contributed by atoms with Crippen molar-refractivity contribution >= 4 is 10.2 Å². The minimum Gasteiger partial charge on any atom is -0.396 e. The first-order valence-corrected chi connectivity index (χ1v) is 8.64. The van der Waals surface area contributed by atoms with E-state index in [4.69, 9.17) is 5.11 Å². The van der Waals surface area contributed by atoms with Gasteiger partial charge in [0, 0.05) is 44.5 Å². The summed E-state index contributed by atoms with van der Waals surface area (Å²) in [5.41, 5.74) is 2.73. The molecular weight excluding hydrogens is 292 g/mol. The topological polar surface area (TPSA) is 87.5 Å². The van der Waals surface area contributed by atoms with Gasteiger partial charge in [-0.05, 0) is 32.6 Å². The van der Waals surface area contributed by atoms with Gasteiger partial charge in [0.1, 0.15) is 0 Å². The van der Waals surface area contributed by atoms with Gasteiger partial charge in [-0.25, -0.2) is 0 Å². The molecule has 1 fully saturated rings. The molecular formula is C13H24N4O3S. The summed E-state index contributed by atoms with van der Waals surface area (Å²) in [5, 5.41) is 13.4. The highest BCUT2D eigenvalue weighted by atomic mass is 32.2. The van der Waals surface area contributed by atoms with Gasteiger partial charge < -0.3 is 5.11 Å². The first kappa shape index (κ1) is 16.4. The number of nitrogens with one attached hydrogen (secondary N) is 1. The molecule has 2 rings (SSSR count). The standard InChI is InChI=1S/C13H24N4O3S/c1-10-13(11(2)16(3)15-10)8-14-21(19,20)17-6-4-12(9-18)5-7-17/h12,14,18H,4-9H2,1-3H3. The van der Waals surface area contributed by atoms with E-state index < -0.39 is 10.2 Å². The van der Waals surface area contributed by atoms with Gasteiger partial charge in [0.2, 0.25) is 0 Å². The van der Waals surface area contributed by atoms with Crippen LogP contribution in [0.15, 0.2) is 0 Å². The first-order chi connectivity index (χ1) is 9.85. The molecule has 1 aliphatic rings. The zero-order chi connectivity index (χ0) is 15.6. The van der Waals surface area contributed by atoms with Crippen LogP contribution in [0.1, 0.15) is 29.8 Å². The normalized spacial score (nSPS) is 18.3. The molecule has 0 amide bonds. The Morgan fingerprint density at radius 2 is 1.95 bits per heavy atom. The predicted molar refractivity (Wildman–Crippen MR) is 79.8 cm³/mol. The van der Waals surface area contributed by atoms with Gasteiger partial charge in [0.25, 0.3) is 10.2 Å². The molecule has 120 valence electrons. The number of rotatable bonds is 5. The summed E-state index contributed by atoms with van der Waals surface area (Å²) in [6.45, 7) is 5.13. The van der Waals surface area contributed by atoms with Crippen LogP contribution in [-0.4, -0.2) is 47.3 Å². The minimum absolute atomic E-state index is 0.134. The highest BCUT2D eigenvalue weighted by Crippen LogP contribution is 2.19. The fraction of sp³-hybridized carbons (Fsp3) is 0.769. The van der Waals surface area contributed by atoms with Crippen LogP contribution >= 0.6 is 0 Å².